The SMILES string of the molecule is COc1cccc(C(=O)N2CCN3C[C@](O)(c4ccc(C(F)(F)F)cn4)CC[C@H]3C2)c1Cl. The number of rotatable bonds is 3. The van der Waals surface area contributed by atoms with Crippen LogP contribution >= 0.6 is 11.6 Å². The lowest BCUT2D eigenvalue weighted by Gasteiger charge is -2.49. The predicted molar refractivity (Wildman–Crippen MR) is 112 cm³/mol. The molecular formula is C22H23ClF3N3O3. The Morgan fingerprint density at radius 3 is 2.72 bits per heavy atom. The molecule has 3 heterocycles. The van der Waals surface area contributed by atoms with Gasteiger partial charge in [0.1, 0.15) is 11.4 Å². The van der Waals surface area contributed by atoms with Crippen molar-refractivity contribution in [2.45, 2.75) is 30.7 Å². The normalized spacial score (nSPS) is 24.2. The zero-order valence-corrected chi connectivity index (χ0v) is 18.2. The minimum Gasteiger partial charge on any atom is -0.495 e. The summed E-state index contributed by atoms with van der Waals surface area (Å²) in [6.45, 7) is 1.70. The number of ether oxygens (including phenoxy) is 1. The molecule has 1 aromatic carbocycles. The van der Waals surface area contributed by atoms with Crippen LogP contribution in [0.4, 0.5) is 13.2 Å². The molecule has 0 spiro atoms. The number of aliphatic hydroxyl groups is 1. The number of carbonyl (C=O) groups excluding carboxylic acids is 1. The van der Waals surface area contributed by atoms with Gasteiger partial charge in [-0.25, -0.2) is 0 Å². The summed E-state index contributed by atoms with van der Waals surface area (Å²) in [6.07, 6.45) is -2.79. The minimum atomic E-state index is -4.47. The largest absolute Gasteiger partial charge is 0.495 e. The quantitative estimate of drug-likeness (QED) is 0.744. The highest BCUT2D eigenvalue weighted by molar-refractivity contribution is 6.35. The number of carbonyl (C=O) groups is 1. The van der Waals surface area contributed by atoms with Crippen LogP contribution in [0.2, 0.25) is 5.02 Å². The van der Waals surface area contributed by atoms with Crippen LogP contribution in [0, 0.1) is 0 Å². The summed E-state index contributed by atoms with van der Waals surface area (Å²) < 4.78 is 43.6. The van der Waals surface area contributed by atoms with Crippen LogP contribution in [-0.2, 0) is 11.8 Å². The third-order valence-electron chi connectivity index (χ3n) is 6.23. The standard InChI is InChI=1S/C22H23ClF3N3O3/c1-32-17-4-2-3-16(19(17)23)20(30)28-9-10-29-13-21(31,8-7-15(29)12-28)18-6-5-14(11-27-18)22(24,25)26/h2-6,11,15,31H,7-10,12-13H2,1H3/t15-,21-/m0/s1. The van der Waals surface area contributed by atoms with Crippen molar-refractivity contribution < 1.29 is 27.8 Å². The molecule has 2 saturated heterocycles. The summed E-state index contributed by atoms with van der Waals surface area (Å²) in [4.78, 5) is 20.7. The van der Waals surface area contributed by atoms with E-state index in [1.807, 2.05) is 0 Å². The molecule has 172 valence electrons. The summed E-state index contributed by atoms with van der Waals surface area (Å²) in [7, 11) is 1.49. The Labute approximate surface area is 188 Å². The van der Waals surface area contributed by atoms with Crippen molar-refractivity contribution in [3.8, 4) is 5.75 Å². The van der Waals surface area contributed by atoms with Crippen LogP contribution < -0.4 is 4.74 Å². The second-order valence-corrected chi connectivity index (χ2v) is 8.58. The van der Waals surface area contributed by atoms with Gasteiger partial charge in [0, 0.05) is 38.4 Å². The molecule has 32 heavy (non-hydrogen) atoms. The molecule has 10 heteroatoms. The fourth-order valence-corrected chi connectivity index (χ4v) is 4.71. The summed E-state index contributed by atoms with van der Waals surface area (Å²) in [5.74, 6) is 0.252. The van der Waals surface area contributed by atoms with E-state index in [0.29, 0.717) is 43.8 Å². The molecule has 0 aliphatic carbocycles. The lowest BCUT2D eigenvalue weighted by atomic mass is 9.84. The maximum atomic E-state index is 13.0. The van der Waals surface area contributed by atoms with Gasteiger partial charge < -0.3 is 14.7 Å². The zero-order valence-electron chi connectivity index (χ0n) is 17.4. The van der Waals surface area contributed by atoms with E-state index in [1.54, 1.807) is 23.1 Å². The molecule has 1 N–H and O–H groups in total. The van der Waals surface area contributed by atoms with E-state index in [-0.39, 0.29) is 29.2 Å². The Balaban J connectivity index is 1.45. The smallest absolute Gasteiger partial charge is 0.417 e. The Kier molecular flexibility index (Phi) is 6.08. The Morgan fingerprint density at radius 1 is 1.28 bits per heavy atom. The van der Waals surface area contributed by atoms with Gasteiger partial charge in [0.05, 0.1) is 29.0 Å². The minimum absolute atomic E-state index is 0.0341. The van der Waals surface area contributed by atoms with E-state index in [9.17, 15) is 23.1 Å². The fraction of sp³-hybridized carbons (Fsp3) is 0.455. The van der Waals surface area contributed by atoms with Crippen LogP contribution in [0.3, 0.4) is 0 Å². The first-order chi connectivity index (χ1) is 15.1. The number of pyridine rings is 1. The van der Waals surface area contributed by atoms with Gasteiger partial charge in [0.15, 0.2) is 0 Å². The Morgan fingerprint density at radius 2 is 2.06 bits per heavy atom. The average Bonchev–Trinajstić information content (AvgIpc) is 2.78. The maximum Gasteiger partial charge on any atom is 0.417 e. The molecular weight excluding hydrogens is 447 g/mol. The van der Waals surface area contributed by atoms with Crippen LogP contribution in [0.5, 0.6) is 5.75 Å². The monoisotopic (exact) mass is 469 g/mol. The van der Waals surface area contributed by atoms with Gasteiger partial charge in [-0.2, -0.15) is 13.2 Å². The van der Waals surface area contributed by atoms with Gasteiger partial charge in [-0.15, -0.1) is 0 Å². The van der Waals surface area contributed by atoms with Crippen molar-refractivity contribution in [2.24, 2.45) is 0 Å². The molecule has 2 atom stereocenters. The molecule has 2 aromatic rings. The first-order valence-electron chi connectivity index (χ1n) is 10.2. The topological polar surface area (TPSA) is 65.9 Å². The van der Waals surface area contributed by atoms with Gasteiger partial charge in [0.25, 0.3) is 5.91 Å². The lowest BCUT2D eigenvalue weighted by molar-refractivity contribution is -0.138. The number of piperidine rings is 1. The highest BCUT2D eigenvalue weighted by atomic mass is 35.5. The second-order valence-electron chi connectivity index (χ2n) is 8.20. The Bertz CT molecular complexity index is 1000. The van der Waals surface area contributed by atoms with Crippen LogP contribution in [-0.4, -0.2) is 65.1 Å². The van der Waals surface area contributed by atoms with E-state index in [0.717, 1.165) is 12.3 Å². The Hall–Kier alpha value is -2.36. The van der Waals surface area contributed by atoms with Gasteiger partial charge in [0.2, 0.25) is 0 Å². The van der Waals surface area contributed by atoms with E-state index < -0.39 is 17.3 Å². The number of methoxy groups -OCH3 is 1. The molecule has 6 nitrogen and oxygen atoms in total. The zero-order chi connectivity index (χ0) is 23.1. The second kappa shape index (κ2) is 8.53. The molecule has 2 aliphatic rings. The van der Waals surface area contributed by atoms with Crippen molar-refractivity contribution >= 4 is 17.5 Å². The summed E-state index contributed by atoms with van der Waals surface area (Å²) >= 11 is 6.31. The molecule has 0 unspecified atom stereocenters. The van der Waals surface area contributed by atoms with E-state index in [4.69, 9.17) is 16.3 Å². The van der Waals surface area contributed by atoms with E-state index >= 15 is 0 Å². The highest BCUT2D eigenvalue weighted by Crippen LogP contribution is 2.37. The first kappa shape index (κ1) is 22.8. The number of hydrogen-bond acceptors (Lipinski definition) is 5. The summed E-state index contributed by atoms with van der Waals surface area (Å²) in [5.41, 5.74) is -1.57. The molecule has 1 aromatic heterocycles. The molecule has 0 radical (unpaired) electrons. The van der Waals surface area contributed by atoms with Crippen molar-refractivity contribution in [3.05, 3.63) is 58.4 Å². The third-order valence-corrected chi connectivity index (χ3v) is 6.62. The average molecular weight is 470 g/mol. The molecule has 2 fully saturated rings. The molecule has 4 rings (SSSR count). The maximum absolute atomic E-state index is 13.0. The van der Waals surface area contributed by atoms with Crippen molar-refractivity contribution in [3.63, 3.8) is 0 Å². The number of piperazine rings is 1. The highest BCUT2D eigenvalue weighted by Gasteiger charge is 2.43. The van der Waals surface area contributed by atoms with Crippen LogP contribution in [0.1, 0.15) is 34.5 Å². The molecule has 1 amide bonds. The number of nitrogens with zero attached hydrogens (tertiary/aromatic N) is 3. The summed E-state index contributed by atoms with van der Waals surface area (Å²) in [6, 6.07) is 7.29. The van der Waals surface area contributed by atoms with Gasteiger partial charge in [-0.1, -0.05) is 17.7 Å². The van der Waals surface area contributed by atoms with Crippen molar-refractivity contribution in [1.29, 1.82) is 0 Å². The predicted octanol–water partition coefficient (Wildman–Crippen LogP) is 3.57. The number of amides is 1. The van der Waals surface area contributed by atoms with Gasteiger partial charge in [-0.05, 0) is 37.1 Å². The van der Waals surface area contributed by atoms with E-state index in [2.05, 4.69) is 9.88 Å². The number of benzene rings is 1. The van der Waals surface area contributed by atoms with Crippen LogP contribution in [0.15, 0.2) is 36.5 Å². The number of halogens is 4. The van der Waals surface area contributed by atoms with Crippen molar-refractivity contribution in [2.75, 3.05) is 33.3 Å². The van der Waals surface area contributed by atoms with E-state index in [1.165, 1.54) is 13.2 Å². The molecule has 0 saturated carbocycles. The summed E-state index contributed by atoms with van der Waals surface area (Å²) in [5, 5.41) is 11.4. The van der Waals surface area contributed by atoms with Gasteiger partial charge in [-0.3, -0.25) is 14.7 Å². The fourth-order valence-electron chi connectivity index (χ4n) is 4.43. The van der Waals surface area contributed by atoms with Crippen molar-refractivity contribution in [1.82, 2.24) is 14.8 Å². The lowest BCUT2D eigenvalue weighted by Crippen LogP contribution is -2.60. The number of alkyl halides is 3. The number of aromatic nitrogens is 1. The molecule has 2 aliphatic heterocycles. The number of hydrogen-bond donors (Lipinski definition) is 1. The number of fused-ring (bicyclic) bond motifs is 1. The first-order valence-corrected chi connectivity index (χ1v) is 10.6. The van der Waals surface area contributed by atoms with Gasteiger partial charge >= 0.3 is 6.18 Å². The van der Waals surface area contributed by atoms with Crippen LogP contribution in [0.25, 0.3) is 0 Å². The third kappa shape index (κ3) is 4.29. The molecule has 0 bridgehead atoms.